The Labute approximate surface area is 179 Å². The molecule has 1 unspecified atom stereocenters. The van der Waals surface area contributed by atoms with Crippen molar-refractivity contribution in [1.82, 2.24) is 15.3 Å². The topological polar surface area (TPSA) is 81.6 Å². The Morgan fingerprint density at radius 3 is 2.70 bits per heavy atom. The first kappa shape index (κ1) is 19.7. The molecule has 2 aromatic carbocycles. The number of carbonyl (C=O) groups is 1. The summed E-state index contributed by atoms with van der Waals surface area (Å²) >= 11 is 6.56. The van der Waals surface area contributed by atoms with E-state index in [0.717, 1.165) is 27.6 Å². The van der Waals surface area contributed by atoms with Crippen LogP contribution < -0.4 is 5.32 Å². The number of H-pyrrole nitrogens is 1. The monoisotopic (exact) mass is 414 g/mol. The van der Waals surface area contributed by atoms with E-state index in [2.05, 4.69) is 21.4 Å². The van der Waals surface area contributed by atoms with Crippen LogP contribution in [0.3, 0.4) is 0 Å². The van der Waals surface area contributed by atoms with Crippen molar-refractivity contribution in [3.8, 4) is 6.07 Å². The molecule has 2 N–H and O–H groups in total. The van der Waals surface area contributed by atoms with E-state index in [1.807, 2.05) is 48.7 Å². The Morgan fingerprint density at radius 1 is 1.10 bits per heavy atom. The number of nitrogens with zero attached hydrogens (tertiary/aromatic N) is 2. The lowest BCUT2D eigenvalue weighted by molar-refractivity contribution is -0.121. The summed E-state index contributed by atoms with van der Waals surface area (Å²) < 4.78 is 0. The number of para-hydroxylation sites is 1. The molecule has 0 radical (unpaired) electrons. The standard InChI is InChI=1S/C24H19ClN4O/c25-24-17(13-26)4-3-6-19(24)20(21-15-28-22-7-2-1-5-18(21)22)12-23(30)29-14-16-8-10-27-11-9-16/h1-11,15,20,28H,12,14H2,(H,29,30). The molecule has 2 heterocycles. The summed E-state index contributed by atoms with van der Waals surface area (Å²) in [6.45, 7) is 0.425. The summed E-state index contributed by atoms with van der Waals surface area (Å²) in [5, 5.41) is 13.8. The van der Waals surface area contributed by atoms with E-state index in [1.165, 1.54) is 0 Å². The van der Waals surface area contributed by atoms with Gasteiger partial charge in [0.15, 0.2) is 0 Å². The molecule has 0 aliphatic rings. The van der Waals surface area contributed by atoms with E-state index in [-0.39, 0.29) is 18.2 Å². The average Bonchev–Trinajstić information content (AvgIpc) is 3.21. The summed E-state index contributed by atoms with van der Waals surface area (Å²) in [6, 6.07) is 19.2. The summed E-state index contributed by atoms with van der Waals surface area (Å²) in [5.41, 5.74) is 4.10. The third-order valence-corrected chi connectivity index (χ3v) is 5.57. The molecule has 1 amide bonds. The second kappa shape index (κ2) is 8.81. The molecular weight excluding hydrogens is 396 g/mol. The number of amides is 1. The van der Waals surface area contributed by atoms with Crippen LogP contribution in [0, 0.1) is 11.3 Å². The first-order valence-corrected chi connectivity index (χ1v) is 9.95. The van der Waals surface area contributed by atoms with Gasteiger partial charge in [0.2, 0.25) is 5.91 Å². The van der Waals surface area contributed by atoms with Gasteiger partial charge in [0.25, 0.3) is 0 Å². The quantitative estimate of drug-likeness (QED) is 0.469. The zero-order chi connectivity index (χ0) is 20.9. The lowest BCUT2D eigenvalue weighted by Gasteiger charge is -2.19. The van der Waals surface area contributed by atoms with Crippen LogP contribution >= 0.6 is 11.6 Å². The fraction of sp³-hybridized carbons (Fsp3) is 0.125. The number of aromatic nitrogens is 2. The van der Waals surface area contributed by atoms with Crippen molar-refractivity contribution in [2.75, 3.05) is 0 Å². The highest BCUT2D eigenvalue weighted by molar-refractivity contribution is 6.32. The van der Waals surface area contributed by atoms with Gasteiger partial charge in [-0.25, -0.2) is 0 Å². The Bertz CT molecular complexity index is 1230. The van der Waals surface area contributed by atoms with Gasteiger partial charge in [-0.05, 0) is 41.0 Å². The zero-order valence-electron chi connectivity index (χ0n) is 16.1. The van der Waals surface area contributed by atoms with Crippen molar-refractivity contribution < 1.29 is 4.79 Å². The van der Waals surface area contributed by atoms with Crippen LogP contribution in [0.2, 0.25) is 5.02 Å². The number of hydrogen-bond donors (Lipinski definition) is 2. The van der Waals surface area contributed by atoms with Crippen molar-refractivity contribution >= 4 is 28.4 Å². The molecular formula is C24H19ClN4O. The molecule has 30 heavy (non-hydrogen) atoms. The number of aromatic amines is 1. The molecule has 4 aromatic rings. The van der Waals surface area contributed by atoms with Crippen molar-refractivity contribution in [2.45, 2.75) is 18.9 Å². The number of nitriles is 1. The number of pyridine rings is 1. The normalized spacial score (nSPS) is 11.7. The zero-order valence-corrected chi connectivity index (χ0v) is 16.9. The minimum atomic E-state index is -0.292. The number of halogens is 1. The molecule has 0 aliphatic heterocycles. The van der Waals surface area contributed by atoms with E-state index >= 15 is 0 Å². The van der Waals surface area contributed by atoms with E-state index in [1.54, 1.807) is 24.5 Å². The van der Waals surface area contributed by atoms with E-state index in [0.29, 0.717) is 17.1 Å². The van der Waals surface area contributed by atoms with E-state index in [9.17, 15) is 10.1 Å². The Kier molecular flexibility index (Phi) is 5.78. The molecule has 6 heteroatoms. The molecule has 2 aromatic heterocycles. The fourth-order valence-electron chi connectivity index (χ4n) is 3.63. The molecule has 0 fully saturated rings. The van der Waals surface area contributed by atoms with Crippen LogP contribution in [0.1, 0.15) is 34.6 Å². The second-order valence-corrected chi connectivity index (χ2v) is 7.38. The van der Waals surface area contributed by atoms with Gasteiger partial charge in [-0.2, -0.15) is 5.26 Å². The second-order valence-electron chi connectivity index (χ2n) is 7.00. The SMILES string of the molecule is N#Cc1cccc(C(CC(=O)NCc2ccncc2)c2c[nH]c3ccccc23)c1Cl. The number of benzene rings is 2. The number of rotatable bonds is 6. The predicted octanol–water partition coefficient (Wildman–Crippen LogP) is 4.93. The first-order valence-electron chi connectivity index (χ1n) is 9.57. The van der Waals surface area contributed by atoms with Gasteiger partial charge in [-0.15, -0.1) is 0 Å². The maximum atomic E-state index is 12.9. The van der Waals surface area contributed by atoms with Crippen LogP contribution in [0.25, 0.3) is 10.9 Å². The van der Waals surface area contributed by atoms with Gasteiger partial charge < -0.3 is 10.3 Å². The molecule has 148 valence electrons. The Balaban J connectivity index is 1.68. The summed E-state index contributed by atoms with van der Waals surface area (Å²) in [7, 11) is 0. The molecule has 5 nitrogen and oxygen atoms in total. The van der Waals surface area contributed by atoms with Gasteiger partial charge in [0, 0.05) is 48.4 Å². The molecule has 0 spiro atoms. The molecule has 0 bridgehead atoms. The molecule has 4 rings (SSSR count). The van der Waals surface area contributed by atoms with Crippen LogP contribution in [0.5, 0.6) is 0 Å². The summed E-state index contributed by atoms with van der Waals surface area (Å²) in [5.74, 6) is -0.389. The third kappa shape index (κ3) is 4.05. The smallest absolute Gasteiger partial charge is 0.221 e. The summed E-state index contributed by atoms with van der Waals surface area (Å²) in [4.78, 5) is 20.1. The van der Waals surface area contributed by atoms with Crippen LogP contribution in [-0.4, -0.2) is 15.9 Å². The molecule has 0 saturated carbocycles. The lowest BCUT2D eigenvalue weighted by atomic mass is 9.87. The van der Waals surface area contributed by atoms with Gasteiger partial charge in [0.1, 0.15) is 6.07 Å². The average molecular weight is 415 g/mol. The van der Waals surface area contributed by atoms with Crippen molar-refractivity contribution in [3.63, 3.8) is 0 Å². The van der Waals surface area contributed by atoms with Crippen molar-refractivity contribution in [2.24, 2.45) is 0 Å². The van der Waals surface area contributed by atoms with Gasteiger partial charge >= 0.3 is 0 Å². The van der Waals surface area contributed by atoms with Gasteiger partial charge in [0.05, 0.1) is 10.6 Å². The van der Waals surface area contributed by atoms with Crippen LogP contribution in [0.4, 0.5) is 0 Å². The van der Waals surface area contributed by atoms with Crippen LogP contribution in [-0.2, 0) is 11.3 Å². The number of nitrogens with one attached hydrogen (secondary N) is 2. The highest BCUT2D eigenvalue weighted by atomic mass is 35.5. The largest absolute Gasteiger partial charge is 0.361 e. The van der Waals surface area contributed by atoms with Crippen molar-refractivity contribution in [3.05, 3.63) is 100 Å². The first-order chi connectivity index (χ1) is 14.7. The van der Waals surface area contributed by atoms with Crippen LogP contribution in [0.15, 0.2) is 73.2 Å². The predicted molar refractivity (Wildman–Crippen MR) is 117 cm³/mol. The lowest BCUT2D eigenvalue weighted by Crippen LogP contribution is -2.25. The van der Waals surface area contributed by atoms with Crippen molar-refractivity contribution in [1.29, 1.82) is 5.26 Å². The Morgan fingerprint density at radius 2 is 1.90 bits per heavy atom. The maximum Gasteiger partial charge on any atom is 0.221 e. The number of hydrogen-bond acceptors (Lipinski definition) is 3. The summed E-state index contributed by atoms with van der Waals surface area (Å²) in [6.07, 6.45) is 5.52. The maximum absolute atomic E-state index is 12.9. The minimum absolute atomic E-state index is 0.0967. The third-order valence-electron chi connectivity index (χ3n) is 5.15. The van der Waals surface area contributed by atoms with Gasteiger partial charge in [-0.3, -0.25) is 9.78 Å². The Hall–Kier alpha value is -3.62. The molecule has 1 atom stereocenters. The highest BCUT2D eigenvalue weighted by Crippen LogP contribution is 2.37. The molecule has 0 aliphatic carbocycles. The van der Waals surface area contributed by atoms with Gasteiger partial charge in [-0.1, -0.05) is 41.9 Å². The highest BCUT2D eigenvalue weighted by Gasteiger charge is 2.24. The number of carbonyl (C=O) groups excluding carboxylic acids is 1. The molecule has 0 saturated heterocycles. The minimum Gasteiger partial charge on any atom is -0.361 e. The van der Waals surface area contributed by atoms with E-state index < -0.39 is 0 Å². The number of fused-ring (bicyclic) bond motifs is 1. The van der Waals surface area contributed by atoms with E-state index in [4.69, 9.17) is 11.6 Å². The fourth-order valence-corrected chi connectivity index (χ4v) is 3.93.